The highest BCUT2D eigenvalue weighted by atomic mass is 32.2. The van der Waals surface area contributed by atoms with Gasteiger partial charge in [0.25, 0.3) is 0 Å². The fourth-order valence-electron chi connectivity index (χ4n) is 1.82. The zero-order chi connectivity index (χ0) is 11.4. The van der Waals surface area contributed by atoms with Crippen molar-refractivity contribution >= 4 is 17.6 Å². The molecule has 1 aromatic rings. The Kier molecular flexibility index (Phi) is 3.61. The Hall–Kier alpha value is -1.30. The zero-order valence-corrected chi connectivity index (χ0v) is 9.65. The largest absolute Gasteiger partial charge is 0.409 e. The van der Waals surface area contributed by atoms with Crippen molar-refractivity contribution in [2.45, 2.75) is 36.0 Å². The first kappa shape index (κ1) is 11.2. The van der Waals surface area contributed by atoms with Crippen molar-refractivity contribution in [3.05, 3.63) is 17.8 Å². The number of rotatable bonds is 3. The average molecular weight is 238 g/mol. The number of hydrogen-bond donors (Lipinski definition) is 2. The molecular formula is C10H14N4OS. The fourth-order valence-corrected chi connectivity index (χ4v) is 3.10. The second kappa shape index (κ2) is 5.16. The summed E-state index contributed by atoms with van der Waals surface area (Å²) in [5.74, 6) is 0.0930. The molecular weight excluding hydrogens is 224 g/mol. The number of oxime groups is 1. The van der Waals surface area contributed by atoms with Gasteiger partial charge < -0.3 is 10.9 Å². The van der Waals surface area contributed by atoms with E-state index in [9.17, 15) is 0 Å². The first-order valence-electron chi connectivity index (χ1n) is 5.27. The SMILES string of the molecule is N/C(=N/O)c1ccnnc1SC1CCCC1. The van der Waals surface area contributed by atoms with Crippen molar-refractivity contribution in [3.8, 4) is 0 Å². The molecule has 0 radical (unpaired) electrons. The first-order valence-corrected chi connectivity index (χ1v) is 6.15. The fraction of sp³-hybridized carbons (Fsp3) is 0.500. The van der Waals surface area contributed by atoms with Crippen LogP contribution in [-0.4, -0.2) is 26.5 Å². The molecule has 0 aliphatic heterocycles. The summed E-state index contributed by atoms with van der Waals surface area (Å²) in [4.78, 5) is 0. The minimum atomic E-state index is 0.0930. The van der Waals surface area contributed by atoms with Gasteiger partial charge in [0.2, 0.25) is 0 Å². The van der Waals surface area contributed by atoms with Crippen LogP contribution in [0.2, 0.25) is 0 Å². The predicted octanol–water partition coefficient (Wildman–Crippen LogP) is 1.61. The molecule has 5 nitrogen and oxygen atoms in total. The van der Waals surface area contributed by atoms with E-state index >= 15 is 0 Å². The van der Waals surface area contributed by atoms with Crippen LogP contribution in [0.15, 0.2) is 22.4 Å². The van der Waals surface area contributed by atoms with E-state index in [1.54, 1.807) is 24.0 Å². The van der Waals surface area contributed by atoms with Crippen molar-refractivity contribution in [3.63, 3.8) is 0 Å². The lowest BCUT2D eigenvalue weighted by Gasteiger charge is -2.09. The van der Waals surface area contributed by atoms with Gasteiger partial charge in [-0.05, 0) is 18.9 Å². The molecule has 0 spiro atoms. The Labute approximate surface area is 98.1 Å². The van der Waals surface area contributed by atoms with Crippen LogP contribution >= 0.6 is 11.8 Å². The second-order valence-electron chi connectivity index (χ2n) is 3.76. The van der Waals surface area contributed by atoms with Crippen molar-refractivity contribution in [2.75, 3.05) is 0 Å². The molecule has 0 atom stereocenters. The van der Waals surface area contributed by atoms with Crippen molar-refractivity contribution in [2.24, 2.45) is 10.9 Å². The quantitative estimate of drug-likeness (QED) is 0.361. The Morgan fingerprint density at radius 2 is 2.25 bits per heavy atom. The minimum absolute atomic E-state index is 0.0930. The van der Waals surface area contributed by atoms with Crippen molar-refractivity contribution in [1.82, 2.24) is 10.2 Å². The lowest BCUT2D eigenvalue weighted by molar-refractivity contribution is 0.318. The summed E-state index contributed by atoms with van der Waals surface area (Å²) in [6.07, 6.45) is 6.51. The maximum absolute atomic E-state index is 8.68. The molecule has 1 aliphatic rings. The van der Waals surface area contributed by atoms with Crippen LogP contribution in [0.4, 0.5) is 0 Å². The van der Waals surface area contributed by atoms with Gasteiger partial charge in [0.1, 0.15) is 5.03 Å². The van der Waals surface area contributed by atoms with E-state index in [0.29, 0.717) is 10.8 Å². The molecule has 1 fully saturated rings. The molecule has 2 rings (SSSR count). The van der Waals surface area contributed by atoms with Gasteiger partial charge >= 0.3 is 0 Å². The maximum Gasteiger partial charge on any atom is 0.172 e. The summed E-state index contributed by atoms with van der Waals surface area (Å²) in [7, 11) is 0. The molecule has 3 N–H and O–H groups in total. The lowest BCUT2D eigenvalue weighted by Crippen LogP contribution is -2.15. The van der Waals surface area contributed by atoms with Crippen LogP contribution in [0.25, 0.3) is 0 Å². The number of aromatic nitrogens is 2. The van der Waals surface area contributed by atoms with Gasteiger partial charge in [0.05, 0.1) is 11.8 Å². The number of nitrogens with two attached hydrogens (primary N) is 1. The van der Waals surface area contributed by atoms with Gasteiger partial charge in [-0.25, -0.2) is 0 Å². The standard InChI is InChI=1S/C10H14N4OS/c11-9(14-15)8-5-6-12-13-10(8)16-7-3-1-2-4-7/h5-7,15H,1-4H2,(H2,11,14). The number of hydrogen-bond acceptors (Lipinski definition) is 5. The summed E-state index contributed by atoms with van der Waals surface area (Å²) < 4.78 is 0. The molecule has 16 heavy (non-hydrogen) atoms. The van der Waals surface area contributed by atoms with E-state index in [4.69, 9.17) is 10.9 Å². The molecule has 0 unspecified atom stereocenters. The first-order chi connectivity index (χ1) is 7.81. The lowest BCUT2D eigenvalue weighted by atomic mass is 10.3. The summed E-state index contributed by atoms with van der Waals surface area (Å²) >= 11 is 1.68. The molecule has 6 heteroatoms. The monoisotopic (exact) mass is 238 g/mol. The van der Waals surface area contributed by atoms with Gasteiger partial charge in [0.15, 0.2) is 5.84 Å². The van der Waals surface area contributed by atoms with Gasteiger partial charge in [0, 0.05) is 5.25 Å². The Balaban J connectivity index is 2.19. The van der Waals surface area contributed by atoms with Crippen LogP contribution < -0.4 is 5.73 Å². The number of amidine groups is 1. The van der Waals surface area contributed by atoms with Gasteiger partial charge in [-0.3, -0.25) is 0 Å². The second-order valence-corrected chi connectivity index (χ2v) is 5.05. The molecule has 1 aliphatic carbocycles. The summed E-state index contributed by atoms with van der Waals surface area (Å²) in [5, 5.41) is 20.9. The van der Waals surface area contributed by atoms with E-state index in [2.05, 4.69) is 15.4 Å². The summed E-state index contributed by atoms with van der Waals surface area (Å²) in [6, 6.07) is 1.72. The smallest absolute Gasteiger partial charge is 0.172 e. The Morgan fingerprint density at radius 1 is 1.50 bits per heavy atom. The van der Waals surface area contributed by atoms with E-state index < -0.39 is 0 Å². The molecule has 0 saturated heterocycles. The number of thioether (sulfide) groups is 1. The van der Waals surface area contributed by atoms with Crippen molar-refractivity contribution in [1.29, 1.82) is 0 Å². The third-order valence-corrected chi connectivity index (χ3v) is 3.98. The Morgan fingerprint density at radius 3 is 2.94 bits per heavy atom. The third-order valence-electron chi connectivity index (χ3n) is 2.65. The van der Waals surface area contributed by atoms with Crippen LogP contribution in [0.3, 0.4) is 0 Å². The summed E-state index contributed by atoms with van der Waals surface area (Å²) in [5.41, 5.74) is 6.25. The maximum atomic E-state index is 8.68. The summed E-state index contributed by atoms with van der Waals surface area (Å²) in [6.45, 7) is 0. The van der Waals surface area contributed by atoms with Gasteiger partial charge in [-0.2, -0.15) is 5.10 Å². The molecule has 1 aromatic heterocycles. The van der Waals surface area contributed by atoms with E-state index in [0.717, 1.165) is 5.03 Å². The average Bonchev–Trinajstić information content (AvgIpc) is 2.82. The highest BCUT2D eigenvalue weighted by Gasteiger charge is 2.19. The topological polar surface area (TPSA) is 84.4 Å². The van der Waals surface area contributed by atoms with E-state index in [1.165, 1.54) is 25.7 Å². The highest BCUT2D eigenvalue weighted by molar-refractivity contribution is 7.99. The molecule has 0 aromatic carbocycles. The minimum Gasteiger partial charge on any atom is -0.409 e. The number of nitrogens with zero attached hydrogens (tertiary/aromatic N) is 3. The third kappa shape index (κ3) is 2.44. The van der Waals surface area contributed by atoms with Crippen molar-refractivity contribution < 1.29 is 5.21 Å². The molecule has 86 valence electrons. The van der Waals surface area contributed by atoms with Gasteiger partial charge in [-0.15, -0.1) is 16.9 Å². The van der Waals surface area contributed by atoms with Gasteiger partial charge in [-0.1, -0.05) is 18.0 Å². The van der Waals surface area contributed by atoms with Crippen LogP contribution in [-0.2, 0) is 0 Å². The van der Waals surface area contributed by atoms with Crippen LogP contribution in [0.1, 0.15) is 31.2 Å². The van der Waals surface area contributed by atoms with Crippen LogP contribution in [0.5, 0.6) is 0 Å². The van der Waals surface area contributed by atoms with E-state index in [-0.39, 0.29) is 5.84 Å². The Bertz CT molecular complexity index is 390. The normalized spacial score (nSPS) is 17.9. The van der Waals surface area contributed by atoms with Crippen LogP contribution in [0, 0.1) is 0 Å². The molecule has 0 bridgehead atoms. The highest BCUT2D eigenvalue weighted by Crippen LogP contribution is 2.34. The molecule has 0 amide bonds. The molecule has 1 saturated carbocycles. The molecule has 1 heterocycles. The predicted molar refractivity (Wildman–Crippen MR) is 62.7 cm³/mol. The zero-order valence-electron chi connectivity index (χ0n) is 8.83. The van der Waals surface area contributed by atoms with E-state index in [1.807, 2.05) is 0 Å².